The Hall–Kier alpha value is -4.77. The van der Waals surface area contributed by atoms with Gasteiger partial charge in [-0.1, -0.05) is 30.3 Å². The second-order valence-corrected chi connectivity index (χ2v) is 12.0. The van der Waals surface area contributed by atoms with Gasteiger partial charge in [-0.15, -0.1) is 0 Å². The number of pyridine rings is 1. The summed E-state index contributed by atoms with van der Waals surface area (Å²) in [7, 11) is 0. The molecule has 2 fully saturated rings. The average molecular weight is 647 g/mol. The molecule has 244 valence electrons. The summed E-state index contributed by atoms with van der Waals surface area (Å²) in [6, 6.07) is 17.6. The smallest absolute Gasteiger partial charge is 0.226 e. The van der Waals surface area contributed by atoms with Crippen molar-refractivity contribution in [1.29, 1.82) is 0 Å². The molecule has 11 heteroatoms. The van der Waals surface area contributed by atoms with Gasteiger partial charge in [0.25, 0.3) is 0 Å². The van der Waals surface area contributed by atoms with E-state index < -0.39 is 40.6 Å². The molecule has 47 heavy (non-hydrogen) atoms. The number of halogens is 4. The van der Waals surface area contributed by atoms with Gasteiger partial charge in [0.1, 0.15) is 29.0 Å². The maximum Gasteiger partial charge on any atom is 0.226 e. The number of benzene rings is 3. The zero-order valence-electron chi connectivity index (χ0n) is 25.5. The molecular formula is C36H34F4N4O3. The molecule has 0 radical (unpaired) electrons. The van der Waals surface area contributed by atoms with Crippen LogP contribution in [0.25, 0.3) is 0 Å². The number of aromatic nitrogens is 1. The van der Waals surface area contributed by atoms with Gasteiger partial charge in [0.2, 0.25) is 11.8 Å². The van der Waals surface area contributed by atoms with Gasteiger partial charge < -0.3 is 20.3 Å². The van der Waals surface area contributed by atoms with E-state index in [4.69, 9.17) is 4.74 Å². The zero-order valence-corrected chi connectivity index (χ0v) is 25.5. The van der Waals surface area contributed by atoms with Gasteiger partial charge in [-0.2, -0.15) is 0 Å². The van der Waals surface area contributed by atoms with E-state index >= 15 is 4.39 Å². The number of carbonyl (C=O) groups excluding carboxylic acids is 2. The molecule has 1 aromatic heterocycles. The van der Waals surface area contributed by atoms with Crippen LogP contribution in [-0.2, 0) is 16.0 Å². The van der Waals surface area contributed by atoms with Crippen molar-refractivity contribution in [2.75, 3.05) is 31.6 Å². The molecule has 1 saturated carbocycles. The first-order valence-corrected chi connectivity index (χ1v) is 15.5. The highest BCUT2D eigenvalue weighted by Crippen LogP contribution is 2.52. The molecule has 6 rings (SSSR count). The second kappa shape index (κ2) is 13.9. The summed E-state index contributed by atoms with van der Waals surface area (Å²) in [6.45, 7) is 1.98. The largest absolute Gasteiger partial charge is 0.493 e. The molecule has 1 aliphatic heterocycles. The van der Waals surface area contributed by atoms with Gasteiger partial charge in [0.05, 0.1) is 36.6 Å². The van der Waals surface area contributed by atoms with Crippen LogP contribution in [0.2, 0.25) is 0 Å². The number of ether oxygens (including phenoxy) is 1. The van der Waals surface area contributed by atoms with E-state index in [1.807, 2.05) is 35.2 Å². The van der Waals surface area contributed by atoms with Crippen LogP contribution in [-0.4, -0.2) is 53.5 Å². The van der Waals surface area contributed by atoms with Crippen molar-refractivity contribution in [3.63, 3.8) is 0 Å². The van der Waals surface area contributed by atoms with Crippen molar-refractivity contribution in [3.05, 3.63) is 125 Å². The van der Waals surface area contributed by atoms with Crippen LogP contribution in [0.5, 0.6) is 5.75 Å². The lowest BCUT2D eigenvalue weighted by molar-refractivity contribution is -0.136. The quantitative estimate of drug-likeness (QED) is 0.196. The number of piperazine rings is 1. The molecule has 2 amide bonds. The highest BCUT2D eigenvalue weighted by molar-refractivity contribution is 5.92. The molecule has 1 spiro atoms. The lowest BCUT2D eigenvalue weighted by Crippen LogP contribution is -2.57. The molecule has 7 nitrogen and oxygen atoms in total. The minimum atomic E-state index is -0.809. The van der Waals surface area contributed by atoms with Gasteiger partial charge in [-0.25, -0.2) is 17.6 Å². The molecule has 2 N–H and O–H groups in total. The number of para-hydroxylation sites is 1. The Labute approximate surface area is 270 Å². The van der Waals surface area contributed by atoms with Crippen molar-refractivity contribution in [2.45, 2.75) is 37.1 Å². The fraction of sp³-hybridized carbons (Fsp3) is 0.306. The van der Waals surface area contributed by atoms with Crippen molar-refractivity contribution >= 4 is 17.5 Å². The molecule has 0 unspecified atom stereocenters. The molecular weight excluding hydrogens is 612 g/mol. The summed E-state index contributed by atoms with van der Waals surface area (Å²) in [5, 5.41) is 6.12. The van der Waals surface area contributed by atoms with Crippen molar-refractivity contribution in [3.8, 4) is 5.75 Å². The van der Waals surface area contributed by atoms with Crippen LogP contribution in [0.1, 0.15) is 41.9 Å². The fourth-order valence-electron chi connectivity index (χ4n) is 6.58. The number of rotatable bonds is 11. The van der Waals surface area contributed by atoms with Crippen molar-refractivity contribution in [1.82, 2.24) is 15.2 Å². The van der Waals surface area contributed by atoms with Crippen molar-refractivity contribution < 1.29 is 31.9 Å². The van der Waals surface area contributed by atoms with Crippen LogP contribution in [0.3, 0.4) is 0 Å². The van der Waals surface area contributed by atoms with E-state index in [2.05, 4.69) is 15.6 Å². The van der Waals surface area contributed by atoms with Crippen LogP contribution >= 0.6 is 0 Å². The third kappa shape index (κ3) is 7.46. The Balaban J connectivity index is 1.15. The van der Waals surface area contributed by atoms with Crippen LogP contribution in [0, 0.1) is 29.2 Å². The van der Waals surface area contributed by atoms with Gasteiger partial charge in [0.15, 0.2) is 0 Å². The van der Waals surface area contributed by atoms with E-state index in [1.165, 1.54) is 30.5 Å². The van der Waals surface area contributed by atoms with Crippen molar-refractivity contribution in [2.24, 2.45) is 5.92 Å². The minimum Gasteiger partial charge on any atom is -0.493 e. The van der Waals surface area contributed by atoms with Gasteiger partial charge in [0, 0.05) is 43.6 Å². The lowest BCUT2D eigenvalue weighted by Gasteiger charge is -2.38. The molecule has 1 aliphatic carbocycles. The van der Waals surface area contributed by atoms with E-state index in [9.17, 15) is 22.8 Å². The Morgan fingerprint density at radius 3 is 2.45 bits per heavy atom. The van der Waals surface area contributed by atoms with Gasteiger partial charge in [-0.3, -0.25) is 14.6 Å². The molecule has 1 saturated heterocycles. The Bertz CT molecular complexity index is 1720. The maximum absolute atomic E-state index is 15.3. The third-order valence-corrected chi connectivity index (χ3v) is 8.99. The van der Waals surface area contributed by atoms with E-state index in [-0.39, 0.29) is 54.5 Å². The first-order valence-electron chi connectivity index (χ1n) is 15.5. The number of carbonyl (C=O) groups is 2. The number of nitrogens with one attached hydrogen (secondary N) is 2. The number of anilines is 1. The normalized spacial score (nSPS) is 19.3. The number of nitrogens with zero attached hydrogens (tertiary/aromatic N) is 2. The highest BCUT2D eigenvalue weighted by atomic mass is 19.1. The predicted octanol–water partition coefficient (Wildman–Crippen LogP) is 6.00. The zero-order chi connectivity index (χ0) is 33.0. The fourth-order valence-corrected chi connectivity index (χ4v) is 6.58. The first kappa shape index (κ1) is 32.2. The monoisotopic (exact) mass is 646 g/mol. The summed E-state index contributed by atoms with van der Waals surface area (Å²) in [5.74, 6) is -3.47. The highest BCUT2D eigenvalue weighted by Gasteiger charge is 2.60. The number of hydrogen-bond acceptors (Lipinski definition) is 5. The number of hydrogen-bond donors (Lipinski definition) is 2. The van der Waals surface area contributed by atoms with E-state index in [0.717, 1.165) is 24.4 Å². The van der Waals surface area contributed by atoms with Crippen LogP contribution < -0.4 is 15.4 Å². The number of amides is 2. The van der Waals surface area contributed by atoms with Crippen LogP contribution in [0.4, 0.5) is 23.2 Å². The molecule has 2 aliphatic rings. The maximum atomic E-state index is 15.3. The Morgan fingerprint density at radius 1 is 0.957 bits per heavy atom. The minimum absolute atomic E-state index is 0.0331. The summed E-state index contributed by atoms with van der Waals surface area (Å²) >= 11 is 0. The second-order valence-electron chi connectivity index (χ2n) is 12.0. The van der Waals surface area contributed by atoms with Crippen LogP contribution in [0.15, 0.2) is 85.2 Å². The van der Waals surface area contributed by atoms with E-state index in [0.29, 0.717) is 37.4 Å². The topological polar surface area (TPSA) is 83.6 Å². The third-order valence-electron chi connectivity index (χ3n) is 8.99. The van der Waals surface area contributed by atoms with Gasteiger partial charge >= 0.3 is 0 Å². The van der Waals surface area contributed by atoms with Gasteiger partial charge in [-0.05, 0) is 66.3 Å². The molecule has 2 heterocycles. The molecule has 3 atom stereocenters. The summed E-state index contributed by atoms with van der Waals surface area (Å²) in [4.78, 5) is 32.6. The molecule has 3 aromatic carbocycles. The lowest BCUT2D eigenvalue weighted by atomic mass is 9.88. The molecule has 0 bridgehead atoms. The Kier molecular flexibility index (Phi) is 9.53. The SMILES string of the molecule is O=C(C[C@@H](c1ccc(F)cc1)c1cc(F)cc(F)c1)Nc1cncc(F)c1C[C@@H]1C[C@]12CNCCN2C(=O)CCOc1ccccc1. The van der Waals surface area contributed by atoms with E-state index in [1.54, 1.807) is 0 Å². The standard InChI is InChI=1S/C36H34F4N4O3/c37-26-8-6-23(7-9-26)30(24-14-27(38)17-28(39)15-24)18-34(45)43-33-21-42-20-32(40)31(33)16-25-19-36(25)22-41-11-12-44(36)35(46)10-13-47-29-4-2-1-3-5-29/h1-9,14-15,17,20-21,25,30,41H,10-13,16,18-19,22H2,(H,43,45)/t25-,30+,36+/m1/s1. The molecule has 4 aromatic rings. The predicted molar refractivity (Wildman–Crippen MR) is 168 cm³/mol. The summed E-state index contributed by atoms with van der Waals surface area (Å²) < 4.78 is 63.0. The first-order chi connectivity index (χ1) is 22.7. The summed E-state index contributed by atoms with van der Waals surface area (Å²) in [5.41, 5.74) is 0.640. The summed E-state index contributed by atoms with van der Waals surface area (Å²) in [6.07, 6.45) is 3.32. The average Bonchev–Trinajstić information content (AvgIpc) is 3.73. The Morgan fingerprint density at radius 2 is 1.70 bits per heavy atom.